The Morgan fingerprint density at radius 3 is 2.81 bits per heavy atom. The minimum absolute atomic E-state index is 0.0634. The van der Waals surface area contributed by atoms with Crippen LogP contribution in [0.3, 0.4) is 0 Å². The molecule has 4 heterocycles. The third-order valence-electron chi connectivity index (χ3n) is 6.63. The Balaban J connectivity index is 1.74. The van der Waals surface area contributed by atoms with E-state index in [4.69, 9.17) is 17.0 Å². The van der Waals surface area contributed by atoms with Crippen molar-refractivity contribution in [3.8, 4) is 5.75 Å². The zero-order valence-electron chi connectivity index (χ0n) is 19.0. The van der Waals surface area contributed by atoms with E-state index < -0.39 is 0 Å². The van der Waals surface area contributed by atoms with Crippen molar-refractivity contribution in [2.24, 2.45) is 11.8 Å². The summed E-state index contributed by atoms with van der Waals surface area (Å²) >= 11 is 5.75. The zero-order chi connectivity index (χ0) is 22.2. The van der Waals surface area contributed by atoms with Gasteiger partial charge in [0.15, 0.2) is 5.11 Å². The van der Waals surface area contributed by atoms with E-state index in [2.05, 4.69) is 66.1 Å². The van der Waals surface area contributed by atoms with Gasteiger partial charge in [0.05, 0.1) is 18.7 Å². The van der Waals surface area contributed by atoms with E-state index in [-0.39, 0.29) is 11.6 Å². The van der Waals surface area contributed by atoms with Gasteiger partial charge in [-0.1, -0.05) is 6.08 Å². The van der Waals surface area contributed by atoms with Crippen LogP contribution in [0.1, 0.15) is 45.2 Å². The molecule has 2 N–H and O–H groups in total. The first-order valence-electron chi connectivity index (χ1n) is 11.2. The van der Waals surface area contributed by atoms with Crippen LogP contribution >= 0.6 is 12.2 Å². The van der Waals surface area contributed by atoms with Crippen LogP contribution in [-0.4, -0.2) is 46.8 Å². The van der Waals surface area contributed by atoms with Crippen molar-refractivity contribution in [1.82, 2.24) is 20.5 Å². The van der Waals surface area contributed by atoms with Gasteiger partial charge in [0.2, 0.25) is 0 Å². The first-order chi connectivity index (χ1) is 14.8. The van der Waals surface area contributed by atoms with Gasteiger partial charge in [0.25, 0.3) is 0 Å². The number of hydrogen-bond acceptors (Lipinski definition) is 4. The van der Waals surface area contributed by atoms with Gasteiger partial charge in [-0.2, -0.15) is 0 Å². The molecule has 6 heteroatoms. The van der Waals surface area contributed by atoms with Crippen LogP contribution in [0.2, 0.25) is 0 Å². The van der Waals surface area contributed by atoms with Crippen molar-refractivity contribution in [3.63, 3.8) is 0 Å². The predicted octanol–water partition coefficient (Wildman–Crippen LogP) is 4.44. The number of aromatic nitrogens is 1. The second-order valence-corrected chi connectivity index (χ2v) is 10.3. The molecule has 3 aliphatic heterocycles. The van der Waals surface area contributed by atoms with Gasteiger partial charge in [0.1, 0.15) is 5.75 Å². The van der Waals surface area contributed by atoms with Gasteiger partial charge in [-0.05, 0) is 94.0 Å². The third-order valence-corrected chi connectivity index (χ3v) is 6.85. The molecule has 5 atom stereocenters. The molecule has 1 aromatic carbocycles. The van der Waals surface area contributed by atoms with Crippen molar-refractivity contribution < 1.29 is 4.74 Å². The summed E-state index contributed by atoms with van der Waals surface area (Å²) in [5, 5.41) is 8.93. The highest BCUT2D eigenvalue weighted by molar-refractivity contribution is 7.80. The first kappa shape index (κ1) is 22.0. The molecule has 0 amide bonds. The lowest BCUT2D eigenvalue weighted by molar-refractivity contribution is 0.00424. The molecular weight excluding hydrogens is 404 g/mol. The van der Waals surface area contributed by atoms with Crippen LogP contribution in [0.5, 0.6) is 5.75 Å². The molecule has 0 radical (unpaired) electrons. The Morgan fingerprint density at radius 2 is 2.16 bits per heavy atom. The number of nitrogens with one attached hydrogen (secondary N) is 2. The van der Waals surface area contributed by atoms with Crippen LogP contribution in [-0.2, 0) is 0 Å². The Morgan fingerprint density at radius 1 is 1.35 bits per heavy atom. The highest BCUT2D eigenvalue weighted by Gasteiger charge is 2.43. The second-order valence-electron chi connectivity index (χ2n) is 9.86. The lowest BCUT2D eigenvalue weighted by Gasteiger charge is -2.52. The van der Waals surface area contributed by atoms with Crippen LogP contribution < -0.4 is 15.4 Å². The van der Waals surface area contributed by atoms with Gasteiger partial charge >= 0.3 is 0 Å². The normalized spacial score (nSPS) is 26.3. The molecule has 1 aromatic heterocycles. The summed E-state index contributed by atoms with van der Waals surface area (Å²) in [5.41, 5.74) is 2.09. The maximum atomic E-state index is 5.75. The largest absolute Gasteiger partial charge is 0.497 e. The summed E-state index contributed by atoms with van der Waals surface area (Å²) in [7, 11) is 1.70. The average Bonchev–Trinajstić information content (AvgIpc) is 2.75. The predicted molar refractivity (Wildman–Crippen MR) is 131 cm³/mol. The number of rotatable bonds is 5. The number of hydrogen-bond donors (Lipinski definition) is 2. The van der Waals surface area contributed by atoms with Crippen LogP contribution in [0, 0.1) is 11.8 Å². The summed E-state index contributed by atoms with van der Waals surface area (Å²) < 4.78 is 5.52. The molecule has 2 bridgehead atoms. The second kappa shape index (κ2) is 8.75. The highest BCUT2D eigenvalue weighted by Crippen LogP contribution is 2.42. The molecule has 3 unspecified atom stereocenters. The maximum absolute atomic E-state index is 5.75. The van der Waals surface area contributed by atoms with E-state index >= 15 is 0 Å². The van der Waals surface area contributed by atoms with E-state index in [9.17, 15) is 0 Å². The number of methoxy groups -OCH3 is 1. The number of pyridine rings is 1. The van der Waals surface area contributed by atoms with E-state index in [1.807, 2.05) is 18.3 Å². The monoisotopic (exact) mass is 438 g/mol. The molecule has 31 heavy (non-hydrogen) atoms. The molecule has 3 saturated heterocycles. The molecule has 5 nitrogen and oxygen atoms in total. The molecule has 0 spiro atoms. The summed E-state index contributed by atoms with van der Waals surface area (Å²) in [6, 6.07) is 8.65. The highest BCUT2D eigenvalue weighted by atomic mass is 32.1. The summed E-state index contributed by atoms with van der Waals surface area (Å²) in [6.07, 6.45) is 6.44. The number of ether oxygens (including phenoxy) is 1. The maximum Gasteiger partial charge on any atom is 0.167 e. The topological polar surface area (TPSA) is 49.4 Å². The molecular formula is C25H34N4OS. The molecule has 2 aromatic rings. The minimum atomic E-state index is -0.0992. The van der Waals surface area contributed by atoms with Gasteiger partial charge in [-0.25, -0.2) is 0 Å². The Hall–Kier alpha value is -2.18. The van der Waals surface area contributed by atoms with E-state index in [1.54, 1.807) is 7.11 Å². The number of benzene rings is 1. The number of thiocarbonyl (C=S) groups is 1. The first-order valence-corrected chi connectivity index (χ1v) is 11.6. The standard InChI is InChI=1S/C25H34N4OS/c1-6-16-15-29-12-10-17(16)13-22(29)23(27-24(31)28-25(2,3)4)19-9-11-26-21-8-7-18(30-5)14-20(19)21/h6-9,11,14,16-17,22-23H,1,10,12-13,15H2,2-5H3,(H2,27,28,31)/t16?,17?,22-,23-/m0/s1. The van der Waals surface area contributed by atoms with Crippen molar-refractivity contribution in [3.05, 3.63) is 48.7 Å². The fourth-order valence-corrected chi connectivity index (χ4v) is 5.60. The van der Waals surface area contributed by atoms with Crippen LogP contribution in [0.25, 0.3) is 10.9 Å². The zero-order valence-corrected chi connectivity index (χ0v) is 19.8. The fourth-order valence-electron chi connectivity index (χ4n) is 5.17. The van der Waals surface area contributed by atoms with Crippen molar-refractivity contribution in [2.75, 3.05) is 20.2 Å². The number of piperidine rings is 3. The van der Waals surface area contributed by atoms with Crippen molar-refractivity contribution in [2.45, 2.75) is 51.2 Å². The van der Waals surface area contributed by atoms with E-state index in [1.165, 1.54) is 12.0 Å². The smallest absolute Gasteiger partial charge is 0.167 e. The third kappa shape index (κ3) is 4.70. The van der Waals surface area contributed by atoms with Crippen molar-refractivity contribution in [1.29, 1.82) is 0 Å². The Kier molecular flexibility index (Phi) is 6.22. The summed E-state index contributed by atoms with van der Waals surface area (Å²) in [6.45, 7) is 12.7. The summed E-state index contributed by atoms with van der Waals surface area (Å²) in [4.78, 5) is 7.22. The number of nitrogens with zero attached hydrogens (tertiary/aromatic N) is 2. The fraction of sp³-hybridized carbons (Fsp3) is 0.520. The molecule has 0 saturated carbocycles. The average molecular weight is 439 g/mol. The Bertz CT molecular complexity index is 970. The van der Waals surface area contributed by atoms with Gasteiger partial charge in [-0.3, -0.25) is 9.88 Å². The Labute approximate surface area is 191 Å². The minimum Gasteiger partial charge on any atom is -0.497 e. The van der Waals surface area contributed by atoms with E-state index in [0.29, 0.717) is 23.0 Å². The quantitative estimate of drug-likeness (QED) is 0.532. The lowest BCUT2D eigenvalue weighted by Crippen LogP contribution is -2.58. The molecule has 0 aliphatic carbocycles. The summed E-state index contributed by atoms with van der Waals surface area (Å²) in [5.74, 6) is 2.11. The number of fused-ring (bicyclic) bond motifs is 4. The lowest BCUT2D eigenvalue weighted by atomic mass is 9.73. The molecule has 5 rings (SSSR count). The van der Waals surface area contributed by atoms with Crippen LogP contribution in [0.4, 0.5) is 0 Å². The SMILES string of the molecule is C=CC1CN2CCC1C[C@H]2[C@@H](NC(=S)NC(C)(C)C)c1ccnc2ccc(OC)cc12. The van der Waals surface area contributed by atoms with E-state index in [0.717, 1.165) is 36.2 Å². The molecule has 166 valence electrons. The van der Waals surface area contributed by atoms with Gasteiger partial charge in [-0.15, -0.1) is 6.58 Å². The van der Waals surface area contributed by atoms with Crippen LogP contribution in [0.15, 0.2) is 43.1 Å². The van der Waals surface area contributed by atoms with Gasteiger partial charge in [0, 0.05) is 29.7 Å². The van der Waals surface area contributed by atoms with Gasteiger partial charge < -0.3 is 15.4 Å². The van der Waals surface area contributed by atoms with Crippen molar-refractivity contribution >= 4 is 28.2 Å². The molecule has 3 aliphatic rings. The molecule has 3 fully saturated rings.